The number of benzene rings is 1. The third kappa shape index (κ3) is 5.63. The molecule has 0 aromatic heterocycles. The second kappa shape index (κ2) is 8.19. The second-order valence-corrected chi connectivity index (χ2v) is 5.42. The molecule has 5 heteroatoms. The number of thioether (sulfide) groups is 1. The Morgan fingerprint density at radius 2 is 2.16 bits per heavy atom. The van der Waals surface area contributed by atoms with Crippen LogP contribution >= 0.6 is 11.8 Å². The molecule has 1 aromatic rings. The van der Waals surface area contributed by atoms with Crippen molar-refractivity contribution in [1.82, 2.24) is 0 Å². The van der Waals surface area contributed by atoms with Gasteiger partial charge in [-0.15, -0.1) is 0 Å². The summed E-state index contributed by atoms with van der Waals surface area (Å²) in [6.07, 6.45) is -1.48. The van der Waals surface area contributed by atoms with Crippen molar-refractivity contribution < 1.29 is 19.7 Å². The molecule has 0 heterocycles. The van der Waals surface area contributed by atoms with Gasteiger partial charge >= 0.3 is 0 Å². The van der Waals surface area contributed by atoms with E-state index in [1.807, 2.05) is 6.92 Å². The number of aliphatic hydroxyl groups excluding tert-OH is 2. The van der Waals surface area contributed by atoms with Crippen molar-refractivity contribution in [2.75, 3.05) is 12.4 Å². The predicted molar refractivity (Wildman–Crippen MR) is 76.3 cm³/mol. The number of hydrogen-bond acceptors (Lipinski definition) is 5. The van der Waals surface area contributed by atoms with Crippen molar-refractivity contribution in [3.63, 3.8) is 0 Å². The minimum Gasteiger partial charge on any atom is -0.494 e. The SMILES string of the molecule is CCOc1cccc(C(O)C(O)CCSC(C)=O)c1. The molecule has 0 fully saturated rings. The number of carbonyl (C=O) groups is 1. The summed E-state index contributed by atoms with van der Waals surface area (Å²) < 4.78 is 5.35. The van der Waals surface area contributed by atoms with Crippen LogP contribution in [-0.4, -0.2) is 33.8 Å². The summed E-state index contributed by atoms with van der Waals surface area (Å²) in [5.41, 5.74) is 0.617. The fourth-order valence-electron chi connectivity index (χ4n) is 1.66. The average Bonchev–Trinajstić information content (AvgIpc) is 2.38. The van der Waals surface area contributed by atoms with Crippen molar-refractivity contribution in [3.8, 4) is 5.75 Å². The van der Waals surface area contributed by atoms with Crippen LogP contribution in [-0.2, 0) is 4.79 Å². The van der Waals surface area contributed by atoms with Crippen molar-refractivity contribution in [2.45, 2.75) is 32.5 Å². The zero-order valence-electron chi connectivity index (χ0n) is 11.2. The number of aliphatic hydroxyl groups is 2. The molecule has 19 heavy (non-hydrogen) atoms. The molecule has 2 unspecified atom stereocenters. The van der Waals surface area contributed by atoms with Gasteiger partial charge in [0.25, 0.3) is 0 Å². The lowest BCUT2D eigenvalue weighted by molar-refractivity contribution is -0.109. The Hall–Kier alpha value is -1.04. The molecule has 0 saturated carbocycles. The molecule has 106 valence electrons. The molecule has 1 rings (SSSR count). The maximum Gasteiger partial charge on any atom is 0.185 e. The Labute approximate surface area is 117 Å². The lowest BCUT2D eigenvalue weighted by Gasteiger charge is -2.18. The molecule has 0 aliphatic heterocycles. The summed E-state index contributed by atoms with van der Waals surface area (Å²) in [6.45, 7) is 3.92. The van der Waals surface area contributed by atoms with Crippen molar-refractivity contribution in [1.29, 1.82) is 0 Å². The lowest BCUT2D eigenvalue weighted by Crippen LogP contribution is -2.19. The van der Waals surface area contributed by atoms with Gasteiger partial charge in [0, 0.05) is 12.7 Å². The molecule has 2 atom stereocenters. The first-order valence-corrected chi connectivity index (χ1v) is 7.25. The van der Waals surface area contributed by atoms with E-state index < -0.39 is 12.2 Å². The number of ether oxygens (including phenoxy) is 1. The van der Waals surface area contributed by atoms with Crippen LogP contribution in [0.5, 0.6) is 5.75 Å². The highest BCUT2D eigenvalue weighted by atomic mass is 32.2. The maximum absolute atomic E-state index is 10.8. The van der Waals surface area contributed by atoms with Crippen LogP contribution in [0, 0.1) is 0 Å². The van der Waals surface area contributed by atoms with Gasteiger partial charge in [-0.1, -0.05) is 23.9 Å². The molecule has 0 saturated heterocycles. The van der Waals surface area contributed by atoms with E-state index in [-0.39, 0.29) is 5.12 Å². The van der Waals surface area contributed by atoms with E-state index in [9.17, 15) is 15.0 Å². The molecule has 4 nitrogen and oxygen atoms in total. The maximum atomic E-state index is 10.8. The average molecular weight is 284 g/mol. The molecule has 0 aliphatic carbocycles. The summed E-state index contributed by atoms with van der Waals surface area (Å²) in [4.78, 5) is 10.8. The molecule has 0 aliphatic rings. The largest absolute Gasteiger partial charge is 0.494 e. The van der Waals surface area contributed by atoms with E-state index in [1.54, 1.807) is 24.3 Å². The standard InChI is InChI=1S/C14H20O4S/c1-3-18-12-6-4-5-11(9-12)14(17)13(16)7-8-19-10(2)15/h4-6,9,13-14,16-17H,3,7-8H2,1-2H3. The number of rotatable bonds is 7. The van der Waals surface area contributed by atoms with E-state index in [0.29, 0.717) is 30.1 Å². The summed E-state index contributed by atoms with van der Waals surface area (Å²) in [7, 11) is 0. The van der Waals surface area contributed by atoms with Gasteiger partial charge in [0.2, 0.25) is 0 Å². The van der Waals surface area contributed by atoms with Gasteiger partial charge in [0.15, 0.2) is 5.12 Å². The topological polar surface area (TPSA) is 66.8 Å². The summed E-state index contributed by atoms with van der Waals surface area (Å²) in [6, 6.07) is 7.04. The smallest absolute Gasteiger partial charge is 0.185 e. The van der Waals surface area contributed by atoms with E-state index >= 15 is 0 Å². The fourth-order valence-corrected chi connectivity index (χ4v) is 2.31. The first-order chi connectivity index (χ1) is 9.04. The van der Waals surface area contributed by atoms with Crippen LogP contribution < -0.4 is 4.74 Å². The van der Waals surface area contributed by atoms with Gasteiger partial charge in [-0.25, -0.2) is 0 Å². The van der Waals surface area contributed by atoms with E-state index in [4.69, 9.17) is 4.74 Å². The molecule has 2 N–H and O–H groups in total. The third-order valence-corrected chi connectivity index (χ3v) is 3.44. The molecule has 0 bridgehead atoms. The Bertz CT molecular complexity index is 408. The van der Waals surface area contributed by atoms with Crippen LogP contribution in [0.15, 0.2) is 24.3 Å². The van der Waals surface area contributed by atoms with Crippen LogP contribution in [0.4, 0.5) is 0 Å². The molecular formula is C14H20O4S. The number of carbonyl (C=O) groups excluding carboxylic acids is 1. The van der Waals surface area contributed by atoms with Gasteiger partial charge in [0.05, 0.1) is 12.7 Å². The van der Waals surface area contributed by atoms with Gasteiger partial charge in [0.1, 0.15) is 11.9 Å². The Balaban J connectivity index is 2.57. The van der Waals surface area contributed by atoms with Gasteiger partial charge in [-0.2, -0.15) is 0 Å². The highest BCUT2D eigenvalue weighted by molar-refractivity contribution is 8.13. The van der Waals surface area contributed by atoms with Crippen LogP contribution in [0.3, 0.4) is 0 Å². The van der Waals surface area contributed by atoms with Crippen molar-refractivity contribution in [3.05, 3.63) is 29.8 Å². The normalized spacial score (nSPS) is 13.9. The third-order valence-electron chi connectivity index (χ3n) is 2.59. The first-order valence-electron chi connectivity index (χ1n) is 6.26. The van der Waals surface area contributed by atoms with Crippen molar-refractivity contribution in [2.24, 2.45) is 0 Å². The zero-order chi connectivity index (χ0) is 14.3. The first kappa shape index (κ1) is 16.0. The predicted octanol–water partition coefficient (Wildman–Crippen LogP) is 2.15. The van der Waals surface area contributed by atoms with Crippen LogP contribution in [0.2, 0.25) is 0 Å². The zero-order valence-corrected chi connectivity index (χ0v) is 12.0. The van der Waals surface area contributed by atoms with E-state index in [1.165, 1.54) is 6.92 Å². The molecule has 0 spiro atoms. The van der Waals surface area contributed by atoms with E-state index in [0.717, 1.165) is 11.8 Å². The Morgan fingerprint density at radius 1 is 1.42 bits per heavy atom. The second-order valence-electron chi connectivity index (χ2n) is 4.15. The Morgan fingerprint density at radius 3 is 2.79 bits per heavy atom. The molecule has 0 radical (unpaired) electrons. The van der Waals surface area contributed by atoms with Crippen LogP contribution in [0.25, 0.3) is 0 Å². The fraction of sp³-hybridized carbons (Fsp3) is 0.500. The van der Waals surface area contributed by atoms with Crippen molar-refractivity contribution >= 4 is 16.9 Å². The quantitative estimate of drug-likeness (QED) is 0.803. The highest BCUT2D eigenvalue weighted by Gasteiger charge is 2.18. The minimum absolute atomic E-state index is 0.0139. The number of hydrogen-bond donors (Lipinski definition) is 2. The summed E-state index contributed by atoms with van der Waals surface area (Å²) in [5, 5.41) is 20.0. The highest BCUT2D eigenvalue weighted by Crippen LogP contribution is 2.24. The molecular weight excluding hydrogens is 264 g/mol. The van der Waals surface area contributed by atoms with Crippen LogP contribution in [0.1, 0.15) is 31.9 Å². The minimum atomic E-state index is -0.965. The summed E-state index contributed by atoms with van der Waals surface area (Å²) in [5.74, 6) is 1.17. The summed E-state index contributed by atoms with van der Waals surface area (Å²) >= 11 is 1.15. The van der Waals surface area contributed by atoms with Gasteiger partial charge in [-0.05, 0) is 31.0 Å². The Kier molecular flexibility index (Phi) is 6.91. The van der Waals surface area contributed by atoms with Gasteiger partial charge < -0.3 is 14.9 Å². The van der Waals surface area contributed by atoms with E-state index in [2.05, 4.69) is 0 Å². The van der Waals surface area contributed by atoms with Gasteiger partial charge in [-0.3, -0.25) is 4.79 Å². The lowest BCUT2D eigenvalue weighted by atomic mass is 10.0. The molecule has 1 aromatic carbocycles. The monoisotopic (exact) mass is 284 g/mol. The molecule has 0 amide bonds.